The Balaban J connectivity index is 1.61. The van der Waals surface area contributed by atoms with Gasteiger partial charge in [0, 0.05) is 55.4 Å². The largest absolute Gasteiger partial charge is 0.390 e. The Morgan fingerprint density at radius 2 is 1.71 bits per heavy atom. The van der Waals surface area contributed by atoms with Crippen LogP contribution in [0.1, 0.15) is 48.0 Å². The fourth-order valence-electron chi connectivity index (χ4n) is 4.66. The van der Waals surface area contributed by atoms with E-state index < -0.39 is 0 Å². The van der Waals surface area contributed by atoms with Crippen LogP contribution in [-0.2, 0) is 0 Å². The topological polar surface area (TPSA) is 50.8 Å². The molecule has 0 aromatic heterocycles. The maximum Gasteiger partial charge on any atom is 0.0832 e. The third-order valence-corrected chi connectivity index (χ3v) is 6.53. The van der Waals surface area contributed by atoms with Gasteiger partial charge in [-0.25, -0.2) is 0 Å². The van der Waals surface area contributed by atoms with E-state index in [0.717, 1.165) is 38.6 Å². The molecule has 0 saturated carbocycles. The number of likely N-dealkylation sites (tertiary alicyclic amines) is 2. The molecule has 3 fully saturated rings. The van der Waals surface area contributed by atoms with Crippen molar-refractivity contribution in [3.05, 3.63) is 0 Å². The van der Waals surface area contributed by atoms with Crippen LogP contribution in [0, 0.1) is 5.92 Å². The maximum atomic E-state index is 10.5. The Kier molecular flexibility index (Phi) is 4.80. The SMILES string of the molecule is CC(C)(C)N1CC(O)C(NCC23CN(C(C)(C)C)CC2CCN3)C1. The summed E-state index contributed by atoms with van der Waals surface area (Å²) >= 11 is 0. The molecule has 3 rings (SSSR count). The summed E-state index contributed by atoms with van der Waals surface area (Å²) in [5, 5.41) is 18.0. The first-order valence-electron chi connectivity index (χ1n) is 9.68. The van der Waals surface area contributed by atoms with Crippen molar-refractivity contribution < 1.29 is 5.11 Å². The fourth-order valence-corrected chi connectivity index (χ4v) is 4.66. The molecule has 0 radical (unpaired) electrons. The van der Waals surface area contributed by atoms with Gasteiger partial charge in [0.15, 0.2) is 0 Å². The van der Waals surface area contributed by atoms with Gasteiger partial charge in [0.05, 0.1) is 6.10 Å². The van der Waals surface area contributed by atoms with Crippen LogP contribution in [0.5, 0.6) is 0 Å². The fraction of sp³-hybridized carbons (Fsp3) is 1.00. The zero-order valence-electron chi connectivity index (χ0n) is 16.5. The summed E-state index contributed by atoms with van der Waals surface area (Å²) in [6, 6.07) is 0.185. The highest BCUT2D eigenvalue weighted by Crippen LogP contribution is 2.37. The molecule has 0 spiro atoms. The average molecular weight is 339 g/mol. The molecule has 24 heavy (non-hydrogen) atoms. The molecule has 3 saturated heterocycles. The second-order valence-electron chi connectivity index (χ2n) is 10.3. The molecule has 5 nitrogen and oxygen atoms in total. The van der Waals surface area contributed by atoms with Crippen molar-refractivity contribution in [2.75, 3.05) is 39.3 Å². The summed E-state index contributed by atoms with van der Waals surface area (Å²) in [6.07, 6.45) is 1.01. The van der Waals surface area contributed by atoms with Gasteiger partial charge in [-0.15, -0.1) is 0 Å². The maximum absolute atomic E-state index is 10.5. The number of hydrogen-bond donors (Lipinski definition) is 3. The smallest absolute Gasteiger partial charge is 0.0832 e. The van der Waals surface area contributed by atoms with Gasteiger partial charge >= 0.3 is 0 Å². The minimum absolute atomic E-state index is 0.125. The van der Waals surface area contributed by atoms with Crippen molar-refractivity contribution in [1.29, 1.82) is 0 Å². The minimum Gasteiger partial charge on any atom is -0.390 e. The van der Waals surface area contributed by atoms with E-state index in [4.69, 9.17) is 0 Å². The lowest BCUT2D eigenvalue weighted by Gasteiger charge is -2.36. The first-order valence-corrected chi connectivity index (χ1v) is 9.68. The van der Waals surface area contributed by atoms with Crippen LogP contribution in [0.15, 0.2) is 0 Å². The Hall–Kier alpha value is -0.200. The zero-order valence-corrected chi connectivity index (χ0v) is 16.5. The van der Waals surface area contributed by atoms with Crippen LogP contribution >= 0.6 is 0 Å². The Morgan fingerprint density at radius 1 is 1.04 bits per heavy atom. The van der Waals surface area contributed by atoms with Gasteiger partial charge in [-0.3, -0.25) is 9.80 Å². The summed E-state index contributed by atoms with van der Waals surface area (Å²) in [5.41, 5.74) is 0.539. The van der Waals surface area contributed by atoms with Crippen LogP contribution in [-0.4, -0.2) is 82.9 Å². The number of rotatable bonds is 3. The van der Waals surface area contributed by atoms with Crippen molar-refractivity contribution in [2.45, 2.75) is 76.7 Å². The van der Waals surface area contributed by atoms with E-state index in [1.165, 1.54) is 13.0 Å². The highest BCUT2D eigenvalue weighted by molar-refractivity contribution is 5.11. The van der Waals surface area contributed by atoms with Crippen molar-refractivity contribution in [3.8, 4) is 0 Å². The van der Waals surface area contributed by atoms with E-state index in [1.807, 2.05) is 0 Å². The monoisotopic (exact) mass is 338 g/mol. The molecular formula is C19H38N4O. The van der Waals surface area contributed by atoms with E-state index in [0.29, 0.717) is 0 Å². The molecule has 5 heteroatoms. The molecule has 0 aromatic rings. The molecule has 3 N–H and O–H groups in total. The predicted octanol–water partition coefficient (Wildman–Crippen LogP) is 0.882. The van der Waals surface area contributed by atoms with Gasteiger partial charge in [0.2, 0.25) is 0 Å². The second-order valence-corrected chi connectivity index (χ2v) is 10.3. The molecular weight excluding hydrogens is 300 g/mol. The number of β-amino-alcohol motifs (C(OH)–C–C–N with tert-alkyl or cyclic N) is 1. The number of nitrogens with zero attached hydrogens (tertiary/aromatic N) is 2. The van der Waals surface area contributed by atoms with Crippen LogP contribution in [0.3, 0.4) is 0 Å². The molecule has 140 valence electrons. The molecule has 4 unspecified atom stereocenters. The number of aliphatic hydroxyl groups is 1. The first-order chi connectivity index (χ1) is 11.0. The van der Waals surface area contributed by atoms with Crippen LogP contribution in [0.4, 0.5) is 0 Å². The van der Waals surface area contributed by atoms with Crippen LogP contribution < -0.4 is 10.6 Å². The number of hydrogen-bond acceptors (Lipinski definition) is 5. The predicted molar refractivity (Wildman–Crippen MR) is 99.3 cm³/mol. The quantitative estimate of drug-likeness (QED) is 0.713. The van der Waals surface area contributed by atoms with E-state index in [1.54, 1.807) is 0 Å². The molecule has 0 bridgehead atoms. The third kappa shape index (κ3) is 3.51. The summed E-state index contributed by atoms with van der Waals surface area (Å²) in [7, 11) is 0. The standard InChI is InChI=1S/C19H38N4O/c1-17(2,3)22-10-15(16(24)11-22)20-12-19-13-23(18(4,5)6)9-14(19)7-8-21-19/h14-16,20-21,24H,7-13H2,1-6H3. The highest BCUT2D eigenvalue weighted by Gasteiger charge is 2.51. The summed E-state index contributed by atoms with van der Waals surface area (Å²) in [4.78, 5) is 5.01. The molecule has 0 aromatic carbocycles. The molecule has 3 aliphatic rings. The zero-order chi connectivity index (χ0) is 17.8. The van der Waals surface area contributed by atoms with E-state index in [-0.39, 0.29) is 28.8 Å². The van der Waals surface area contributed by atoms with E-state index in [2.05, 4.69) is 62.0 Å². The normalized spacial score (nSPS) is 38.9. The molecule has 0 aliphatic carbocycles. The molecule has 3 aliphatic heterocycles. The lowest BCUT2D eigenvalue weighted by atomic mass is 9.88. The van der Waals surface area contributed by atoms with Crippen molar-refractivity contribution in [3.63, 3.8) is 0 Å². The number of fused-ring (bicyclic) bond motifs is 1. The van der Waals surface area contributed by atoms with Crippen molar-refractivity contribution in [2.24, 2.45) is 5.92 Å². The van der Waals surface area contributed by atoms with Crippen molar-refractivity contribution >= 4 is 0 Å². The van der Waals surface area contributed by atoms with E-state index >= 15 is 0 Å². The Bertz CT molecular complexity index is 455. The average Bonchev–Trinajstić information content (AvgIpc) is 3.06. The number of aliphatic hydroxyl groups excluding tert-OH is 1. The van der Waals surface area contributed by atoms with Crippen LogP contribution in [0.25, 0.3) is 0 Å². The first kappa shape index (κ1) is 18.6. The van der Waals surface area contributed by atoms with Gasteiger partial charge in [0.25, 0.3) is 0 Å². The van der Waals surface area contributed by atoms with Gasteiger partial charge in [-0.05, 0) is 60.4 Å². The Morgan fingerprint density at radius 3 is 2.29 bits per heavy atom. The van der Waals surface area contributed by atoms with Crippen LogP contribution in [0.2, 0.25) is 0 Å². The van der Waals surface area contributed by atoms with Gasteiger partial charge in [-0.1, -0.05) is 0 Å². The summed E-state index contributed by atoms with van der Waals surface area (Å²) < 4.78 is 0. The van der Waals surface area contributed by atoms with Crippen molar-refractivity contribution in [1.82, 2.24) is 20.4 Å². The molecule has 4 atom stereocenters. The van der Waals surface area contributed by atoms with Gasteiger partial charge in [0.1, 0.15) is 0 Å². The van der Waals surface area contributed by atoms with E-state index in [9.17, 15) is 5.11 Å². The second kappa shape index (κ2) is 6.20. The Labute approximate surface area is 148 Å². The highest BCUT2D eigenvalue weighted by atomic mass is 16.3. The minimum atomic E-state index is -0.263. The molecule has 3 heterocycles. The third-order valence-electron chi connectivity index (χ3n) is 6.53. The lowest BCUT2D eigenvalue weighted by Crippen LogP contribution is -2.58. The van der Waals surface area contributed by atoms with Gasteiger partial charge < -0.3 is 15.7 Å². The summed E-state index contributed by atoms with van der Waals surface area (Å²) in [6.45, 7) is 19.8. The van der Waals surface area contributed by atoms with Gasteiger partial charge in [-0.2, -0.15) is 0 Å². The lowest BCUT2D eigenvalue weighted by molar-refractivity contribution is 0.123. The number of nitrogens with one attached hydrogen (secondary N) is 2. The summed E-state index contributed by atoms with van der Waals surface area (Å²) in [5.74, 6) is 0.724. The molecule has 0 amide bonds.